The number of benzene rings is 1. The molecule has 112 valence electrons. The first-order valence-corrected chi connectivity index (χ1v) is 7.07. The zero-order valence-electron chi connectivity index (χ0n) is 12.5. The third-order valence-electron chi connectivity index (χ3n) is 3.51. The lowest BCUT2D eigenvalue weighted by molar-refractivity contribution is -0.133. The topological polar surface area (TPSA) is 48.7 Å². The highest BCUT2D eigenvalue weighted by Crippen LogP contribution is 2.44. The van der Waals surface area contributed by atoms with Gasteiger partial charge in [-0.15, -0.1) is 0 Å². The SMILES string of the molecule is CCC(=O)Oc1c2ccocc-2cc1-c1ccc(OC)cc1. The number of methoxy groups -OCH3 is 1. The molecule has 0 N–H and O–H groups in total. The molecule has 22 heavy (non-hydrogen) atoms. The fourth-order valence-corrected chi connectivity index (χ4v) is 2.35. The van der Waals surface area contributed by atoms with Crippen LogP contribution in [-0.4, -0.2) is 13.1 Å². The second-order valence-corrected chi connectivity index (χ2v) is 4.87. The summed E-state index contributed by atoms with van der Waals surface area (Å²) >= 11 is 0. The van der Waals surface area contributed by atoms with Crippen LogP contribution < -0.4 is 9.47 Å². The third kappa shape index (κ3) is 2.55. The standard InChI is InChI=1S/C18H16O4/c1-3-17(19)22-18-15-8-9-21-11-13(15)10-16(18)12-4-6-14(20-2)7-5-12/h4-11H,3H2,1-2H3. The Morgan fingerprint density at radius 3 is 2.55 bits per heavy atom. The monoisotopic (exact) mass is 296 g/mol. The van der Waals surface area contributed by atoms with Crippen LogP contribution >= 0.6 is 0 Å². The number of carbonyl (C=O) groups excluding carboxylic acids is 1. The summed E-state index contributed by atoms with van der Waals surface area (Å²) in [5.74, 6) is 1.09. The van der Waals surface area contributed by atoms with E-state index in [1.807, 2.05) is 30.3 Å². The lowest BCUT2D eigenvalue weighted by Crippen LogP contribution is -2.06. The minimum atomic E-state index is -0.261. The van der Waals surface area contributed by atoms with E-state index in [1.54, 1.807) is 32.6 Å². The van der Waals surface area contributed by atoms with E-state index in [-0.39, 0.29) is 5.97 Å². The van der Waals surface area contributed by atoms with Gasteiger partial charge in [0.25, 0.3) is 0 Å². The first-order valence-electron chi connectivity index (χ1n) is 7.07. The second kappa shape index (κ2) is 5.93. The lowest BCUT2D eigenvalue weighted by Gasteiger charge is -2.08. The van der Waals surface area contributed by atoms with Gasteiger partial charge in [0.15, 0.2) is 0 Å². The maximum absolute atomic E-state index is 11.7. The number of hydrogen-bond donors (Lipinski definition) is 0. The molecule has 0 aromatic heterocycles. The Hall–Kier alpha value is -2.75. The molecule has 1 aliphatic carbocycles. The van der Waals surface area contributed by atoms with E-state index >= 15 is 0 Å². The van der Waals surface area contributed by atoms with Gasteiger partial charge in [0.2, 0.25) is 0 Å². The predicted octanol–water partition coefficient (Wildman–Crippen LogP) is 4.38. The van der Waals surface area contributed by atoms with Crippen LogP contribution in [-0.2, 0) is 4.79 Å². The van der Waals surface area contributed by atoms with E-state index in [1.165, 1.54) is 0 Å². The van der Waals surface area contributed by atoms with E-state index in [0.29, 0.717) is 12.2 Å². The molecule has 0 spiro atoms. The van der Waals surface area contributed by atoms with Gasteiger partial charge in [-0.25, -0.2) is 0 Å². The molecular formula is C18H16O4. The van der Waals surface area contributed by atoms with Gasteiger partial charge in [-0.1, -0.05) is 19.1 Å². The minimum Gasteiger partial charge on any atom is -0.497 e. The Bertz CT molecular complexity index is 755. The molecule has 1 aliphatic heterocycles. The van der Waals surface area contributed by atoms with Crippen LogP contribution in [0.25, 0.3) is 22.3 Å². The van der Waals surface area contributed by atoms with Crippen molar-refractivity contribution in [3.8, 4) is 33.8 Å². The summed E-state index contributed by atoms with van der Waals surface area (Å²) in [4.78, 5) is 11.7. The summed E-state index contributed by atoms with van der Waals surface area (Å²) in [5, 5.41) is 0. The van der Waals surface area contributed by atoms with Gasteiger partial charge in [0.1, 0.15) is 11.5 Å². The quantitative estimate of drug-likeness (QED) is 0.670. The lowest BCUT2D eigenvalue weighted by atomic mass is 10.1. The Labute approximate surface area is 128 Å². The van der Waals surface area contributed by atoms with E-state index < -0.39 is 0 Å². The number of hydrogen-bond acceptors (Lipinski definition) is 4. The van der Waals surface area contributed by atoms with Crippen LogP contribution in [0.4, 0.5) is 0 Å². The van der Waals surface area contributed by atoms with Crippen molar-refractivity contribution in [2.75, 3.05) is 7.11 Å². The molecule has 1 aromatic rings. The summed E-state index contributed by atoms with van der Waals surface area (Å²) in [6.07, 6.45) is 3.54. The van der Waals surface area contributed by atoms with Gasteiger partial charge < -0.3 is 13.9 Å². The van der Waals surface area contributed by atoms with E-state index in [4.69, 9.17) is 13.9 Å². The van der Waals surface area contributed by atoms with Gasteiger partial charge in [0, 0.05) is 23.1 Å². The summed E-state index contributed by atoms with van der Waals surface area (Å²) in [5.41, 5.74) is 3.57. The van der Waals surface area contributed by atoms with Gasteiger partial charge in [-0.3, -0.25) is 4.79 Å². The van der Waals surface area contributed by atoms with Crippen molar-refractivity contribution < 1.29 is 18.7 Å². The average molecular weight is 296 g/mol. The molecule has 0 atom stereocenters. The molecule has 0 fully saturated rings. The van der Waals surface area contributed by atoms with Crippen molar-refractivity contribution in [2.24, 2.45) is 0 Å². The van der Waals surface area contributed by atoms with Crippen LogP contribution in [0.5, 0.6) is 11.5 Å². The molecule has 0 unspecified atom stereocenters. The van der Waals surface area contributed by atoms with Crippen molar-refractivity contribution in [2.45, 2.75) is 13.3 Å². The first-order chi connectivity index (χ1) is 10.7. The maximum Gasteiger partial charge on any atom is 0.310 e. The summed E-state index contributed by atoms with van der Waals surface area (Å²) in [7, 11) is 1.63. The molecule has 1 aromatic carbocycles. The molecule has 0 bridgehead atoms. The highest BCUT2D eigenvalue weighted by Gasteiger charge is 2.21. The number of fused-ring (bicyclic) bond motifs is 1. The van der Waals surface area contributed by atoms with E-state index in [0.717, 1.165) is 28.0 Å². The second-order valence-electron chi connectivity index (χ2n) is 4.87. The normalized spacial score (nSPS) is 10.6. The van der Waals surface area contributed by atoms with Gasteiger partial charge in [-0.05, 0) is 29.8 Å². The predicted molar refractivity (Wildman–Crippen MR) is 83.2 cm³/mol. The molecule has 0 amide bonds. The van der Waals surface area contributed by atoms with Crippen molar-refractivity contribution in [3.63, 3.8) is 0 Å². The highest BCUT2D eigenvalue weighted by molar-refractivity contribution is 5.91. The minimum absolute atomic E-state index is 0.261. The van der Waals surface area contributed by atoms with Crippen LogP contribution in [0.1, 0.15) is 13.3 Å². The van der Waals surface area contributed by atoms with Gasteiger partial charge >= 0.3 is 5.97 Å². The van der Waals surface area contributed by atoms with Crippen molar-refractivity contribution >= 4 is 5.97 Å². The third-order valence-corrected chi connectivity index (χ3v) is 3.51. The molecule has 4 nitrogen and oxygen atoms in total. The van der Waals surface area contributed by atoms with Crippen LogP contribution in [0.15, 0.2) is 53.3 Å². The summed E-state index contributed by atoms with van der Waals surface area (Å²) < 4.78 is 15.9. The molecule has 0 saturated heterocycles. The van der Waals surface area contributed by atoms with E-state index in [9.17, 15) is 4.79 Å². The Morgan fingerprint density at radius 1 is 1.09 bits per heavy atom. The fraction of sp³-hybridized carbons (Fsp3) is 0.167. The Kier molecular flexibility index (Phi) is 3.83. The summed E-state index contributed by atoms with van der Waals surface area (Å²) in [6.45, 7) is 1.77. The molecular weight excluding hydrogens is 280 g/mol. The van der Waals surface area contributed by atoms with Crippen molar-refractivity contribution in [1.82, 2.24) is 0 Å². The molecule has 1 heterocycles. The van der Waals surface area contributed by atoms with Crippen LogP contribution in [0, 0.1) is 0 Å². The van der Waals surface area contributed by atoms with Crippen molar-refractivity contribution in [3.05, 3.63) is 48.9 Å². The smallest absolute Gasteiger partial charge is 0.310 e. The number of ether oxygens (including phenoxy) is 2. The van der Waals surface area contributed by atoms with Crippen LogP contribution in [0.2, 0.25) is 0 Å². The number of esters is 1. The van der Waals surface area contributed by atoms with Gasteiger partial charge in [-0.2, -0.15) is 0 Å². The Morgan fingerprint density at radius 2 is 1.86 bits per heavy atom. The number of rotatable bonds is 4. The van der Waals surface area contributed by atoms with E-state index in [2.05, 4.69) is 0 Å². The first kappa shape index (κ1) is 14.2. The Balaban J connectivity index is 2.12. The average Bonchev–Trinajstić information content (AvgIpc) is 2.93. The molecule has 2 aliphatic rings. The zero-order valence-corrected chi connectivity index (χ0v) is 12.5. The van der Waals surface area contributed by atoms with Gasteiger partial charge in [0.05, 0.1) is 19.6 Å². The zero-order chi connectivity index (χ0) is 15.5. The van der Waals surface area contributed by atoms with Crippen molar-refractivity contribution in [1.29, 1.82) is 0 Å². The summed E-state index contributed by atoms with van der Waals surface area (Å²) in [6, 6.07) is 11.4. The maximum atomic E-state index is 11.7. The molecule has 0 saturated carbocycles. The number of carbonyl (C=O) groups is 1. The molecule has 3 rings (SSSR count). The fourth-order valence-electron chi connectivity index (χ4n) is 2.35. The molecule has 0 radical (unpaired) electrons. The largest absolute Gasteiger partial charge is 0.497 e. The molecule has 4 heteroatoms. The van der Waals surface area contributed by atoms with Crippen LogP contribution in [0.3, 0.4) is 0 Å². The highest BCUT2D eigenvalue weighted by atomic mass is 16.5.